The molecule has 0 N–H and O–H groups in total. The maximum atomic E-state index is 13.2. The van der Waals surface area contributed by atoms with Crippen LogP contribution in [0.4, 0.5) is 0 Å². The van der Waals surface area contributed by atoms with Crippen LogP contribution >= 0.6 is 0 Å². The Labute approximate surface area is 184 Å². The molecule has 0 fully saturated rings. The average Bonchev–Trinajstić information content (AvgIpc) is 2.83. The summed E-state index contributed by atoms with van der Waals surface area (Å²) in [5.41, 5.74) is 2.40. The molecule has 0 radical (unpaired) electrons. The Hall–Kier alpha value is -4.06. The van der Waals surface area contributed by atoms with E-state index in [1.54, 1.807) is 13.2 Å². The van der Waals surface area contributed by atoms with Gasteiger partial charge in [0, 0.05) is 29.2 Å². The molecule has 0 amide bonds. The molecule has 0 aliphatic carbocycles. The Kier molecular flexibility index (Phi) is 4.90. The molecule has 32 heavy (non-hydrogen) atoms. The SMILES string of the molecule is COc1cccc([C@@H]2CC(=O)Oc3cc(OC)c4c(=O)cc(-c5ccccc5)oc4c32)c1. The first-order valence-electron chi connectivity index (χ1n) is 10.2. The van der Waals surface area contributed by atoms with Crippen LogP contribution in [-0.4, -0.2) is 20.2 Å². The summed E-state index contributed by atoms with van der Waals surface area (Å²) < 4.78 is 22.7. The lowest BCUT2D eigenvalue weighted by molar-refractivity contribution is -0.135. The Balaban J connectivity index is 1.84. The monoisotopic (exact) mass is 428 g/mol. The maximum Gasteiger partial charge on any atom is 0.312 e. The molecule has 1 aliphatic rings. The summed E-state index contributed by atoms with van der Waals surface area (Å²) in [6.07, 6.45) is 0.112. The quantitative estimate of drug-likeness (QED) is 0.339. The highest BCUT2D eigenvalue weighted by atomic mass is 16.5. The highest BCUT2D eigenvalue weighted by Gasteiger charge is 2.34. The Morgan fingerprint density at radius 2 is 1.72 bits per heavy atom. The molecule has 0 unspecified atom stereocenters. The van der Waals surface area contributed by atoms with E-state index in [-0.39, 0.29) is 23.7 Å². The molecule has 4 aromatic rings. The van der Waals surface area contributed by atoms with Crippen molar-refractivity contribution in [1.82, 2.24) is 0 Å². The van der Waals surface area contributed by atoms with Gasteiger partial charge < -0.3 is 18.6 Å². The molecule has 5 rings (SSSR count). The highest BCUT2D eigenvalue weighted by molar-refractivity contribution is 5.93. The smallest absolute Gasteiger partial charge is 0.312 e. The van der Waals surface area contributed by atoms with Crippen molar-refractivity contribution in [2.45, 2.75) is 12.3 Å². The van der Waals surface area contributed by atoms with Gasteiger partial charge in [-0.15, -0.1) is 0 Å². The second-order valence-electron chi connectivity index (χ2n) is 7.54. The van der Waals surface area contributed by atoms with E-state index >= 15 is 0 Å². The van der Waals surface area contributed by atoms with E-state index in [9.17, 15) is 9.59 Å². The van der Waals surface area contributed by atoms with Crippen molar-refractivity contribution in [1.29, 1.82) is 0 Å². The molecule has 1 atom stereocenters. The number of hydrogen-bond acceptors (Lipinski definition) is 6. The normalized spacial score (nSPS) is 15.2. The Bertz CT molecular complexity index is 1390. The molecule has 1 aromatic heterocycles. The molecule has 160 valence electrons. The van der Waals surface area contributed by atoms with Gasteiger partial charge in [0.2, 0.25) is 0 Å². The first-order valence-corrected chi connectivity index (χ1v) is 10.2. The fourth-order valence-corrected chi connectivity index (χ4v) is 4.19. The second kappa shape index (κ2) is 7.89. The zero-order chi connectivity index (χ0) is 22.2. The Morgan fingerprint density at radius 1 is 0.906 bits per heavy atom. The Morgan fingerprint density at radius 3 is 2.47 bits per heavy atom. The molecular formula is C26H20O6. The summed E-state index contributed by atoms with van der Waals surface area (Å²) >= 11 is 0. The van der Waals surface area contributed by atoms with E-state index in [1.807, 2.05) is 54.6 Å². The number of rotatable bonds is 4. The highest BCUT2D eigenvalue weighted by Crippen LogP contribution is 2.46. The van der Waals surface area contributed by atoms with Gasteiger partial charge in [-0.05, 0) is 17.7 Å². The fraction of sp³-hybridized carbons (Fsp3) is 0.154. The van der Waals surface area contributed by atoms with Crippen LogP contribution in [0.3, 0.4) is 0 Å². The minimum atomic E-state index is -0.371. The second-order valence-corrected chi connectivity index (χ2v) is 7.54. The third-order valence-corrected chi connectivity index (χ3v) is 5.68. The molecule has 3 aromatic carbocycles. The topological polar surface area (TPSA) is 75.0 Å². The van der Waals surface area contributed by atoms with E-state index in [1.165, 1.54) is 13.2 Å². The minimum absolute atomic E-state index is 0.112. The largest absolute Gasteiger partial charge is 0.497 e. The zero-order valence-corrected chi connectivity index (χ0v) is 17.6. The number of carbonyl (C=O) groups excluding carboxylic acids is 1. The van der Waals surface area contributed by atoms with Crippen LogP contribution in [0.15, 0.2) is 75.9 Å². The molecular weight excluding hydrogens is 408 g/mol. The van der Waals surface area contributed by atoms with E-state index in [0.29, 0.717) is 39.5 Å². The zero-order valence-electron chi connectivity index (χ0n) is 17.6. The van der Waals surface area contributed by atoms with Crippen molar-refractivity contribution >= 4 is 16.9 Å². The number of carbonyl (C=O) groups is 1. The van der Waals surface area contributed by atoms with Gasteiger partial charge in [-0.1, -0.05) is 42.5 Å². The minimum Gasteiger partial charge on any atom is -0.497 e. The molecule has 0 saturated carbocycles. The molecule has 0 spiro atoms. The summed E-state index contributed by atoms with van der Waals surface area (Å²) in [5.74, 6) is 0.988. The number of ether oxygens (including phenoxy) is 3. The van der Waals surface area contributed by atoms with E-state index in [2.05, 4.69) is 0 Å². The van der Waals surface area contributed by atoms with Gasteiger partial charge in [0.1, 0.15) is 34.0 Å². The maximum absolute atomic E-state index is 13.2. The average molecular weight is 428 g/mol. The summed E-state index contributed by atoms with van der Waals surface area (Å²) in [4.78, 5) is 25.6. The number of methoxy groups -OCH3 is 2. The predicted octanol–water partition coefficient (Wildman–Crippen LogP) is 4.92. The summed E-state index contributed by atoms with van der Waals surface area (Å²) in [5, 5.41) is 0.316. The van der Waals surface area contributed by atoms with Gasteiger partial charge in [-0.25, -0.2) is 0 Å². The van der Waals surface area contributed by atoms with Crippen LogP contribution in [0.1, 0.15) is 23.5 Å². The lowest BCUT2D eigenvalue weighted by Crippen LogP contribution is -2.22. The molecule has 6 heteroatoms. The van der Waals surface area contributed by atoms with Crippen LogP contribution < -0.4 is 19.6 Å². The lowest BCUT2D eigenvalue weighted by Gasteiger charge is -2.26. The lowest BCUT2D eigenvalue weighted by atomic mass is 9.85. The number of esters is 1. The third-order valence-electron chi connectivity index (χ3n) is 5.68. The van der Waals surface area contributed by atoms with Crippen molar-refractivity contribution in [2.24, 2.45) is 0 Å². The molecule has 0 bridgehead atoms. The number of fused-ring (bicyclic) bond motifs is 3. The van der Waals surface area contributed by atoms with Crippen LogP contribution in [0, 0.1) is 0 Å². The van der Waals surface area contributed by atoms with Crippen molar-refractivity contribution in [2.75, 3.05) is 14.2 Å². The van der Waals surface area contributed by atoms with Crippen molar-refractivity contribution < 1.29 is 23.4 Å². The van der Waals surface area contributed by atoms with E-state index < -0.39 is 0 Å². The first kappa shape index (κ1) is 19.9. The first-order chi connectivity index (χ1) is 15.6. The van der Waals surface area contributed by atoms with Crippen molar-refractivity contribution in [3.05, 3.63) is 88.1 Å². The summed E-state index contributed by atoms with van der Waals surface area (Å²) in [6, 6.07) is 19.9. The van der Waals surface area contributed by atoms with Crippen molar-refractivity contribution in [3.63, 3.8) is 0 Å². The van der Waals surface area contributed by atoms with Crippen molar-refractivity contribution in [3.8, 4) is 28.6 Å². The van der Waals surface area contributed by atoms with Gasteiger partial charge in [0.25, 0.3) is 0 Å². The standard InChI is InChI=1S/C26H20O6/c1-29-17-10-6-9-16(11-17)18-12-23(28)31-22-14-21(30-2)25-19(27)13-20(32-26(25)24(18)22)15-7-4-3-5-8-15/h3-11,13-14,18H,12H2,1-2H3/t18-/m0/s1. The predicted molar refractivity (Wildman–Crippen MR) is 120 cm³/mol. The molecule has 0 saturated heterocycles. The van der Waals surface area contributed by atoms with Crippen LogP contribution in [0.2, 0.25) is 0 Å². The molecule has 6 nitrogen and oxygen atoms in total. The fourth-order valence-electron chi connectivity index (χ4n) is 4.19. The molecule has 2 heterocycles. The van der Waals surface area contributed by atoms with Gasteiger partial charge in [-0.2, -0.15) is 0 Å². The number of benzene rings is 3. The van der Waals surface area contributed by atoms with Crippen LogP contribution in [0.25, 0.3) is 22.3 Å². The number of hydrogen-bond donors (Lipinski definition) is 0. The molecule has 1 aliphatic heterocycles. The van der Waals surface area contributed by atoms with Crippen LogP contribution in [0.5, 0.6) is 17.2 Å². The van der Waals surface area contributed by atoms with Gasteiger partial charge in [-0.3, -0.25) is 9.59 Å². The summed E-state index contributed by atoms with van der Waals surface area (Å²) in [7, 11) is 3.06. The van der Waals surface area contributed by atoms with Crippen LogP contribution in [-0.2, 0) is 4.79 Å². The van der Waals surface area contributed by atoms with Gasteiger partial charge in [0.05, 0.1) is 20.6 Å². The van der Waals surface area contributed by atoms with Gasteiger partial charge in [0.15, 0.2) is 5.43 Å². The van der Waals surface area contributed by atoms with E-state index in [0.717, 1.165) is 11.1 Å². The van der Waals surface area contributed by atoms with Gasteiger partial charge >= 0.3 is 5.97 Å². The van der Waals surface area contributed by atoms with E-state index in [4.69, 9.17) is 18.6 Å². The third kappa shape index (κ3) is 3.30. The summed E-state index contributed by atoms with van der Waals surface area (Å²) in [6.45, 7) is 0.